The number of nitrogens with zero attached hydrogens (tertiary/aromatic N) is 4. The molecule has 3 heterocycles. The molecule has 7 nitrogen and oxygen atoms in total. The van der Waals surface area contributed by atoms with Gasteiger partial charge in [0.25, 0.3) is 0 Å². The van der Waals surface area contributed by atoms with Crippen molar-refractivity contribution in [3.8, 4) is 39.9 Å². The van der Waals surface area contributed by atoms with E-state index in [0.717, 1.165) is 46.7 Å². The van der Waals surface area contributed by atoms with Gasteiger partial charge in [0.15, 0.2) is 18.2 Å². The first-order valence-electron chi connectivity index (χ1n) is 11.8. The topological polar surface area (TPSA) is 99.1 Å². The molecule has 0 unspecified atom stereocenters. The summed E-state index contributed by atoms with van der Waals surface area (Å²) in [5.74, 6) is 1.67. The molecular weight excluding hydrogens is 426 g/mol. The van der Waals surface area contributed by atoms with Crippen LogP contribution in [0.5, 0.6) is 5.88 Å². The lowest BCUT2D eigenvalue weighted by atomic mass is 9.60. The molecule has 3 aliphatic rings. The van der Waals surface area contributed by atoms with Crippen molar-refractivity contribution in [3.63, 3.8) is 0 Å². The van der Waals surface area contributed by atoms with Crippen LogP contribution in [0.15, 0.2) is 67.0 Å². The summed E-state index contributed by atoms with van der Waals surface area (Å²) in [6.45, 7) is 0.366. The first-order valence-corrected chi connectivity index (χ1v) is 11.8. The fourth-order valence-corrected chi connectivity index (χ4v) is 5.54. The summed E-state index contributed by atoms with van der Waals surface area (Å²) >= 11 is 0. The number of rotatable bonds is 4. The van der Waals surface area contributed by atoms with E-state index < -0.39 is 11.1 Å². The zero-order valence-corrected chi connectivity index (χ0v) is 18.7. The smallest absolute Gasteiger partial charge is 0.246 e. The molecule has 0 atom stereocenters. The van der Waals surface area contributed by atoms with E-state index >= 15 is 0 Å². The molecule has 0 spiro atoms. The van der Waals surface area contributed by atoms with Gasteiger partial charge in [-0.2, -0.15) is 0 Å². The van der Waals surface area contributed by atoms with Crippen molar-refractivity contribution in [2.24, 2.45) is 11.7 Å². The quantitative estimate of drug-likeness (QED) is 0.484. The minimum Gasteiger partial charge on any atom is -0.454 e. The predicted octanol–water partition coefficient (Wildman–Crippen LogP) is 4.11. The average Bonchev–Trinajstić information content (AvgIpc) is 3.60. The second-order valence-corrected chi connectivity index (χ2v) is 9.90. The third-order valence-electron chi connectivity index (χ3n) is 7.49. The van der Waals surface area contributed by atoms with Crippen LogP contribution in [-0.4, -0.2) is 30.2 Å². The van der Waals surface area contributed by atoms with Crippen molar-refractivity contribution < 1.29 is 9.84 Å². The van der Waals surface area contributed by atoms with E-state index in [-0.39, 0.29) is 0 Å². The molecule has 4 aromatic rings. The van der Waals surface area contributed by atoms with Gasteiger partial charge >= 0.3 is 0 Å². The largest absolute Gasteiger partial charge is 0.454 e. The second-order valence-electron chi connectivity index (χ2n) is 9.90. The average molecular weight is 452 g/mol. The van der Waals surface area contributed by atoms with Crippen LogP contribution >= 0.6 is 0 Å². The van der Waals surface area contributed by atoms with Crippen LogP contribution in [0.1, 0.15) is 31.2 Å². The Morgan fingerprint density at radius 2 is 1.62 bits per heavy atom. The van der Waals surface area contributed by atoms with Crippen LogP contribution < -0.4 is 10.5 Å². The summed E-state index contributed by atoms with van der Waals surface area (Å²) in [7, 11) is 0. The Hall–Kier alpha value is -3.55. The van der Waals surface area contributed by atoms with Gasteiger partial charge in [0, 0.05) is 29.1 Å². The number of hydrogen-bond donors (Lipinski definition) is 2. The van der Waals surface area contributed by atoms with Crippen molar-refractivity contribution in [2.75, 3.05) is 0 Å². The number of nitrogens with two attached hydrogens (primary N) is 1. The van der Waals surface area contributed by atoms with E-state index in [9.17, 15) is 5.11 Å². The second kappa shape index (κ2) is 6.98. The molecule has 0 amide bonds. The molecule has 2 aliphatic carbocycles. The standard InChI is InChI=1S/C27H25N5O2/c28-26(14-27(33,15-26)20-10-11-20)19-8-6-18(7-9-19)21-22(17-4-2-1-3-5-17)31-25-23(30-21)24-29-12-13-32(24)16-34-25/h1-9,12-13,20,33H,10-11,14-16,28H2/t26-,27-. The Balaban J connectivity index is 1.30. The molecular formula is C27H25N5O2. The Bertz CT molecular complexity index is 1390. The van der Waals surface area contributed by atoms with Crippen LogP contribution in [0.2, 0.25) is 0 Å². The minimum atomic E-state index is -0.584. The maximum Gasteiger partial charge on any atom is 0.246 e. The lowest BCUT2D eigenvalue weighted by Crippen LogP contribution is -2.60. The van der Waals surface area contributed by atoms with Crippen molar-refractivity contribution >= 4 is 0 Å². The number of benzene rings is 2. The van der Waals surface area contributed by atoms with E-state index in [4.69, 9.17) is 20.4 Å². The zero-order valence-electron chi connectivity index (χ0n) is 18.7. The van der Waals surface area contributed by atoms with Crippen LogP contribution in [0, 0.1) is 5.92 Å². The van der Waals surface area contributed by atoms with Gasteiger partial charge in [-0.3, -0.25) is 4.57 Å². The fraction of sp³-hybridized carbons (Fsp3) is 0.296. The molecule has 7 rings (SSSR count). The lowest BCUT2D eigenvalue weighted by Gasteiger charge is -2.52. The number of imidazole rings is 1. The first kappa shape index (κ1) is 19.9. The highest BCUT2D eigenvalue weighted by molar-refractivity contribution is 5.81. The molecule has 3 N–H and O–H groups in total. The van der Waals surface area contributed by atoms with Crippen LogP contribution in [0.25, 0.3) is 34.0 Å². The molecule has 2 fully saturated rings. The Labute approximate surface area is 197 Å². The van der Waals surface area contributed by atoms with Gasteiger partial charge in [-0.1, -0.05) is 54.6 Å². The van der Waals surface area contributed by atoms with Gasteiger partial charge in [0.05, 0.1) is 11.3 Å². The number of hydrogen-bond acceptors (Lipinski definition) is 6. The van der Waals surface area contributed by atoms with Gasteiger partial charge in [-0.05, 0) is 37.2 Å². The molecule has 7 heteroatoms. The highest BCUT2D eigenvalue weighted by Crippen LogP contribution is 2.57. The number of ether oxygens (including phenoxy) is 1. The van der Waals surface area contributed by atoms with E-state index in [0.29, 0.717) is 37.1 Å². The maximum absolute atomic E-state index is 10.8. The lowest BCUT2D eigenvalue weighted by molar-refractivity contribution is -0.106. The fourth-order valence-electron chi connectivity index (χ4n) is 5.54. The van der Waals surface area contributed by atoms with Crippen molar-refractivity contribution in [2.45, 2.75) is 43.6 Å². The van der Waals surface area contributed by atoms with Crippen molar-refractivity contribution in [1.82, 2.24) is 19.5 Å². The molecule has 170 valence electrons. The van der Waals surface area contributed by atoms with Crippen molar-refractivity contribution in [1.29, 1.82) is 0 Å². The molecule has 0 bridgehead atoms. The molecule has 2 aromatic heterocycles. The summed E-state index contributed by atoms with van der Waals surface area (Å²) < 4.78 is 7.82. The van der Waals surface area contributed by atoms with Crippen molar-refractivity contribution in [3.05, 3.63) is 72.6 Å². The first-order chi connectivity index (χ1) is 16.5. The molecule has 0 radical (unpaired) electrons. The highest BCUT2D eigenvalue weighted by atomic mass is 16.5. The summed E-state index contributed by atoms with van der Waals surface area (Å²) in [4.78, 5) is 14.4. The number of fused-ring (bicyclic) bond motifs is 3. The minimum absolute atomic E-state index is 0.366. The summed E-state index contributed by atoms with van der Waals surface area (Å²) in [5, 5.41) is 10.8. The maximum atomic E-state index is 10.8. The Morgan fingerprint density at radius 1 is 0.912 bits per heavy atom. The molecule has 0 saturated heterocycles. The third-order valence-corrected chi connectivity index (χ3v) is 7.49. The molecule has 2 saturated carbocycles. The summed E-state index contributed by atoms with van der Waals surface area (Å²) in [6.07, 6.45) is 7.11. The van der Waals surface area contributed by atoms with Gasteiger partial charge < -0.3 is 15.6 Å². The van der Waals surface area contributed by atoms with Crippen LogP contribution in [-0.2, 0) is 12.3 Å². The van der Waals surface area contributed by atoms with E-state index in [2.05, 4.69) is 29.2 Å². The normalized spacial score (nSPS) is 25.1. The molecule has 2 aromatic carbocycles. The SMILES string of the molecule is N[C@]1(c2ccc(-c3nc4c(nc3-c3ccccc3)OCn3ccnc3-4)cc2)C[C@](O)(C2CC2)C1. The van der Waals surface area contributed by atoms with E-state index in [1.54, 1.807) is 6.20 Å². The van der Waals surface area contributed by atoms with E-state index in [1.165, 1.54) is 0 Å². The van der Waals surface area contributed by atoms with Gasteiger partial charge in [0.1, 0.15) is 5.69 Å². The molecule has 34 heavy (non-hydrogen) atoms. The monoisotopic (exact) mass is 451 g/mol. The van der Waals surface area contributed by atoms with Gasteiger partial charge in [-0.25, -0.2) is 15.0 Å². The number of aromatic nitrogens is 4. The summed E-state index contributed by atoms with van der Waals surface area (Å²) in [6, 6.07) is 18.3. The number of aliphatic hydroxyl groups is 1. The third kappa shape index (κ3) is 3.01. The highest BCUT2D eigenvalue weighted by Gasteiger charge is 2.58. The predicted molar refractivity (Wildman–Crippen MR) is 128 cm³/mol. The molecule has 1 aliphatic heterocycles. The van der Waals surface area contributed by atoms with E-state index in [1.807, 2.05) is 41.1 Å². The zero-order chi connectivity index (χ0) is 22.9. The Kier molecular flexibility index (Phi) is 4.08. The van der Waals surface area contributed by atoms with Crippen LogP contribution in [0.3, 0.4) is 0 Å². The van der Waals surface area contributed by atoms with Crippen LogP contribution in [0.4, 0.5) is 0 Å². The van der Waals surface area contributed by atoms with Gasteiger partial charge in [-0.15, -0.1) is 0 Å². The summed E-state index contributed by atoms with van der Waals surface area (Å²) in [5.41, 5.74) is 10.8. The van der Waals surface area contributed by atoms with Gasteiger partial charge in [0.2, 0.25) is 5.88 Å². The Morgan fingerprint density at radius 3 is 2.35 bits per heavy atom.